The number of aromatic nitrogens is 1. The Kier molecular flexibility index (Phi) is 6.11. The Balaban J connectivity index is 1.67. The second kappa shape index (κ2) is 9.28. The molecule has 154 valence electrons. The van der Waals surface area contributed by atoms with E-state index in [0.29, 0.717) is 17.5 Å². The fourth-order valence-corrected chi connectivity index (χ4v) is 3.80. The lowest BCUT2D eigenvalue weighted by molar-refractivity contribution is 0.0600. The SMILES string of the molecule is COC(=O)c1ccc(COc2nc(-c3cccs3)cc(C3=COC=CC3)c2C#N)cc1. The van der Waals surface area contributed by atoms with Crippen LogP contribution in [0.15, 0.2) is 66.4 Å². The van der Waals surface area contributed by atoms with E-state index < -0.39 is 5.97 Å². The lowest BCUT2D eigenvalue weighted by atomic mass is 9.98. The minimum Gasteiger partial charge on any atom is -0.473 e. The summed E-state index contributed by atoms with van der Waals surface area (Å²) < 4.78 is 16.0. The van der Waals surface area contributed by atoms with Gasteiger partial charge in [-0.15, -0.1) is 11.3 Å². The lowest BCUT2D eigenvalue weighted by Gasteiger charge is -2.15. The number of hydrogen-bond acceptors (Lipinski definition) is 7. The van der Waals surface area contributed by atoms with Gasteiger partial charge in [0.2, 0.25) is 5.88 Å². The number of allylic oxidation sites excluding steroid dienone is 2. The molecule has 0 amide bonds. The summed E-state index contributed by atoms with van der Waals surface area (Å²) in [5.41, 5.74) is 4.01. The minimum absolute atomic E-state index is 0.200. The maximum absolute atomic E-state index is 11.6. The Labute approximate surface area is 183 Å². The first-order valence-electron chi connectivity index (χ1n) is 9.48. The van der Waals surface area contributed by atoms with E-state index in [1.165, 1.54) is 7.11 Å². The average Bonchev–Trinajstić information content (AvgIpc) is 3.37. The average molecular weight is 430 g/mol. The summed E-state index contributed by atoms with van der Waals surface area (Å²) in [5.74, 6) is -0.137. The molecule has 7 heteroatoms. The first-order valence-corrected chi connectivity index (χ1v) is 10.4. The molecule has 3 aromatic rings. The molecule has 0 bridgehead atoms. The molecule has 0 spiro atoms. The molecule has 0 saturated heterocycles. The molecule has 2 aromatic heterocycles. The molecule has 0 saturated carbocycles. The summed E-state index contributed by atoms with van der Waals surface area (Å²) in [6.07, 6.45) is 5.80. The minimum atomic E-state index is -0.397. The summed E-state index contributed by atoms with van der Waals surface area (Å²) in [4.78, 5) is 17.2. The third-order valence-electron chi connectivity index (χ3n) is 4.69. The van der Waals surface area contributed by atoms with E-state index in [4.69, 9.17) is 14.2 Å². The summed E-state index contributed by atoms with van der Waals surface area (Å²) in [6.45, 7) is 0.200. The Morgan fingerprint density at radius 3 is 2.77 bits per heavy atom. The highest BCUT2D eigenvalue weighted by Crippen LogP contribution is 2.35. The predicted molar refractivity (Wildman–Crippen MR) is 117 cm³/mol. The van der Waals surface area contributed by atoms with Crippen molar-refractivity contribution in [2.75, 3.05) is 7.11 Å². The first-order chi connectivity index (χ1) is 15.2. The van der Waals surface area contributed by atoms with Gasteiger partial charge in [0.15, 0.2) is 0 Å². The van der Waals surface area contributed by atoms with Gasteiger partial charge in [-0.05, 0) is 53.3 Å². The fourth-order valence-electron chi connectivity index (χ4n) is 3.12. The molecule has 1 aliphatic rings. The molecule has 0 fully saturated rings. The lowest BCUT2D eigenvalue weighted by Crippen LogP contribution is -2.05. The molecule has 0 radical (unpaired) electrons. The van der Waals surface area contributed by atoms with Crippen molar-refractivity contribution in [3.63, 3.8) is 0 Å². The summed E-state index contributed by atoms with van der Waals surface area (Å²) in [7, 11) is 1.34. The van der Waals surface area contributed by atoms with Crippen molar-refractivity contribution in [3.8, 4) is 22.5 Å². The van der Waals surface area contributed by atoms with Gasteiger partial charge >= 0.3 is 5.97 Å². The quantitative estimate of drug-likeness (QED) is 0.492. The van der Waals surface area contributed by atoms with Crippen molar-refractivity contribution in [2.45, 2.75) is 13.0 Å². The van der Waals surface area contributed by atoms with Gasteiger partial charge in [-0.25, -0.2) is 9.78 Å². The van der Waals surface area contributed by atoms with Crippen molar-refractivity contribution >= 4 is 22.9 Å². The number of pyridine rings is 1. The number of benzene rings is 1. The second-order valence-corrected chi connectivity index (χ2v) is 7.60. The van der Waals surface area contributed by atoms with Crippen LogP contribution in [0.2, 0.25) is 0 Å². The Bertz CT molecular complexity index is 1190. The van der Waals surface area contributed by atoms with Crippen LogP contribution in [-0.4, -0.2) is 18.1 Å². The number of ether oxygens (including phenoxy) is 3. The van der Waals surface area contributed by atoms with Gasteiger partial charge in [-0.3, -0.25) is 0 Å². The van der Waals surface area contributed by atoms with Gasteiger partial charge in [0, 0.05) is 5.56 Å². The maximum atomic E-state index is 11.6. The summed E-state index contributed by atoms with van der Waals surface area (Å²) >= 11 is 1.56. The normalized spacial score (nSPS) is 12.5. The summed E-state index contributed by atoms with van der Waals surface area (Å²) in [5, 5.41) is 11.8. The molecule has 31 heavy (non-hydrogen) atoms. The molecular weight excluding hydrogens is 412 g/mol. The Hall–Kier alpha value is -3.89. The van der Waals surface area contributed by atoms with E-state index in [1.54, 1.807) is 48.1 Å². The van der Waals surface area contributed by atoms with E-state index in [2.05, 4.69) is 11.1 Å². The zero-order chi connectivity index (χ0) is 21.6. The molecule has 0 atom stereocenters. The van der Waals surface area contributed by atoms with Crippen LogP contribution in [0.3, 0.4) is 0 Å². The van der Waals surface area contributed by atoms with Crippen molar-refractivity contribution in [1.82, 2.24) is 4.98 Å². The number of carbonyl (C=O) groups excluding carboxylic acids is 1. The highest BCUT2D eigenvalue weighted by atomic mass is 32.1. The smallest absolute Gasteiger partial charge is 0.337 e. The number of methoxy groups -OCH3 is 1. The topological polar surface area (TPSA) is 81.4 Å². The number of carbonyl (C=O) groups is 1. The number of nitriles is 1. The monoisotopic (exact) mass is 430 g/mol. The highest BCUT2D eigenvalue weighted by molar-refractivity contribution is 7.13. The van der Waals surface area contributed by atoms with Gasteiger partial charge in [0.05, 0.1) is 35.8 Å². The molecule has 6 nitrogen and oxygen atoms in total. The molecule has 0 N–H and O–H groups in total. The standard InChI is InChI=1S/C24H18N2O4S/c1-28-24(27)17-8-6-16(7-9-17)14-30-23-20(13-25)19(18-4-2-10-29-15-18)12-21(26-23)22-5-3-11-31-22/h2-3,5-12,15H,4,14H2,1H3. The highest BCUT2D eigenvalue weighted by Gasteiger charge is 2.19. The van der Waals surface area contributed by atoms with E-state index in [-0.39, 0.29) is 12.5 Å². The largest absolute Gasteiger partial charge is 0.473 e. The molecule has 1 aromatic carbocycles. The third-order valence-corrected chi connectivity index (χ3v) is 5.58. The van der Waals surface area contributed by atoms with Gasteiger partial charge in [0.1, 0.15) is 18.2 Å². The fraction of sp³-hybridized carbons (Fsp3) is 0.125. The Morgan fingerprint density at radius 1 is 1.29 bits per heavy atom. The molecule has 1 aliphatic heterocycles. The maximum Gasteiger partial charge on any atom is 0.337 e. The predicted octanol–water partition coefficient (Wildman–Crippen LogP) is 5.32. The van der Waals surface area contributed by atoms with Crippen LogP contribution in [0.25, 0.3) is 16.1 Å². The van der Waals surface area contributed by atoms with E-state index in [9.17, 15) is 10.1 Å². The third kappa shape index (κ3) is 4.49. The Morgan fingerprint density at radius 2 is 2.13 bits per heavy atom. The van der Waals surface area contributed by atoms with Gasteiger partial charge < -0.3 is 14.2 Å². The number of esters is 1. The van der Waals surface area contributed by atoms with Crippen molar-refractivity contribution in [1.29, 1.82) is 5.26 Å². The van der Waals surface area contributed by atoms with Crippen LogP contribution in [0.1, 0.15) is 33.5 Å². The second-order valence-electron chi connectivity index (χ2n) is 6.66. The molecule has 0 aliphatic carbocycles. The van der Waals surface area contributed by atoms with Crippen molar-refractivity contribution in [2.24, 2.45) is 0 Å². The summed E-state index contributed by atoms with van der Waals surface area (Å²) in [6, 6.07) is 15.0. The molecular formula is C24H18N2O4S. The van der Waals surface area contributed by atoms with Crippen LogP contribution < -0.4 is 4.74 Å². The van der Waals surface area contributed by atoms with Crippen LogP contribution in [-0.2, 0) is 16.1 Å². The van der Waals surface area contributed by atoms with Gasteiger partial charge in [-0.1, -0.05) is 18.2 Å². The van der Waals surface area contributed by atoms with Crippen LogP contribution in [0, 0.1) is 11.3 Å². The molecule has 4 rings (SSSR count). The van der Waals surface area contributed by atoms with Crippen LogP contribution in [0.5, 0.6) is 5.88 Å². The zero-order valence-corrected chi connectivity index (χ0v) is 17.5. The van der Waals surface area contributed by atoms with E-state index in [0.717, 1.165) is 27.3 Å². The van der Waals surface area contributed by atoms with Crippen LogP contribution >= 0.6 is 11.3 Å². The molecule has 0 unspecified atom stereocenters. The zero-order valence-electron chi connectivity index (χ0n) is 16.7. The number of thiophene rings is 1. The van der Waals surface area contributed by atoms with E-state index >= 15 is 0 Å². The number of hydrogen-bond donors (Lipinski definition) is 0. The van der Waals surface area contributed by atoms with Crippen molar-refractivity contribution < 1.29 is 19.0 Å². The van der Waals surface area contributed by atoms with Gasteiger partial charge in [0.25, 0.3) is 0 Å². The van der Waals surface area contributed by atoms with Crippen molar-refractivity contribution in [3.05, 3.63) is 88.7 Å². The van der Waals surface area contributed by atoms with E-state index in [1.807, 2.05) is 29.7 Å². The number of nitrogens with zero attached hydrogens (tertiary/aromatic N) is 2. The van der Waals surface area contributed by atoms with Gasteiger partial charge in [-0.2, -0.15) is 5.26 Å². The molecule has 3 heterocycles. The van der Waals surface area contributed by atoms with Crippen LogP contribution in [0.4, 0.5) is 0 Å². The number of rotatable bonds is 6. The first kappa shape index (κ1) is 20.4.